The van der Waals surface area contributed by atoms with Crippen molar-refractivity contribution in [2.75, 3.05) is 13.2 Å². The molecule has 0 spiro atoms. The first-order valence-corrected chi connectivity index (χ1v) is 9.95. The first-order chi connectivity index (χ1) is 14.4. The Morgan fingerprint density at radius 2 is 2.13 bits per heavy atom. The molecule has 1 saturated heterocycles. The number of aryl methyl sites for hydroxylation is 2. The van der Waals surface area contributed by atoms with E-state index in [1.54, 1.807) is 18.2 Å². The lowest BCUT2D eigenvalue weighted by molar-refractivity contribution is -0.0504. The first-order valence-electron chi connectivity index (χ1n) is 9.95. The first kappa shape index (κ1) is 25.2. The summed E-state index contributed by atoms with van der Waals surface area (Å²) < 4.78 is 37.6. The molecule has 2 N–H and O–H groups in total. The highest BCUT2D eigenvalue weighted by Crippen LogP contribution is 2.23. The number of hydrogen-bond acceptors (Lipinski definition) is 5. The SMILES string of the molecule is Cc1ccc(OC(F)F)c(CN=C(NCc2nnc(C)n2C)NCC2CCCO2)c1.I. The van der Waals surface area contributed by atoms with Crippen LogP contribution in [0.15, 0.2) is 23.2 Å². The molecular weight excluding hydrogens is 521 g/mol. The van der Waals surface area contributed by atoms with Crippen molar-refractivity contribution >= 4 is 29.9 Å². The normalized spacial score (nSPS) is 16.3. The highest BCUT2D eigenvalue weighted by Gasteiger charge is 2.16. The second-order valence-electron chi connectivity index (χ2n) is 7.25. The summed E-state index contributed by atoms with van der Waals surface area (Å²) in [4.78, 5) is 4.57. The second kappa shape index (κ2) is 12.1. The Hall–Kier alpha value is -2.02. The van der Waals surface area contributed by atoms with Crippen LogP contribution in [0, 0.1) is 13.8 Å². The number of nitrogens with one attached hydrogen (secondary N) is 2. The number of guanidine groups is 1. The molecule has 1 aliphatic heterocycles. The van der Waals surface area contributed by atoms with Crippen molar-refractivity contribution in [3.05, 3.63) is 41.0 Å². The molecule has 0 saturated carbocycles. The van der Waals surface area contributed by atoms with Gasteiger partial charge >= 0.3 is 6.61 Å². The van der Waals surface area contributed by atoms with E-state index in [1.165, 1.54) is 0 Å². The molecule has 2 aromatic rings. The third-order valence-corrected chi connectivity index (χ3v) is 4.96. The fourth-order valence-electron chi connectivity index (χ4n) is 3.16. The summed E-state index contributed by atoms with van der Waals surface area (Å²) in [7, 11) is 1.89. The molecule has 8 nitrogen and oxygen atoms in total. The van der Waals surface area contributed by atoms with Crippen molar-refractivity contribution in [3.63, 3.8) is 0 Å². The van der Waals surface area contributed by atoms with Crippen LogP contribution in [-0.4, -0.2) is 46.6 Å². The summed E-state index contributed by atoms with van der Waals surface area (Å²) in [6.07, 6.45) is 2.17. The number of nitrogens with zero attached hydrogens (tertiary/aromatic N) is 4. The molecule has 1 fully saturated rings. The molecule has 11 heteroatoms. The number of hydrogen-bond donors (Lipinski definition) is 2. The predicted octanol–water partition coefficient (Wildman–Crippen LogP) is 3.07. The van der Waals surface area contributed by atoms with Gasteiger partial charge in [-0.05, 0) is 32.8 Å². The van der Waals surface area contributed by atoms with E-state index in [0.717, 1.165) is 36.7 Å². The van der Waals surface area contributed by atoms with Gasteiger partial charge in [0.1, 0.15) is 11.6 Å². The summed E-state index contributed by atoms with van der Waals surface area (Å²) in [5.41, 5.74) is 1.53. The Morgan fingerprint density at radius 3 is 2.77 bits per heavy atom. The smallest absolute Gasteiger partial charge is 0.387 e. The Morgan fingerprint density at radius 1 is 1.32 bits per heavy atom. The van der Waals surface area contributed by atoms with Crippen LogP contribution < -0.4 is 15.4 Å². The van der Waals surface area contributed by atoms with Crippen molar-refractivity contribution in [3.8, 4) is 5.75 Å². The van der Waals surface area contributed by atoms with Gasteiger partial charge < -0.3 is 24.7 Å². The molecular formula is C20H29F2IN6O2. The van der Waals surface area contributed by atoms with E-state index in [1.807, 2.05) is 25.5 Å². The van der Waals surface area contributed by atoms with E-state index < -0.39 is 6.61 Å². The Bertz CT molecular complexity index is 871. The largest absolute Gasteiger partial charge is 0.434 e. The van der Waals surface area contributed by atoms with Crippen LogP contribution in [0.2, 0.25) is 0 Å². The molecule has 172 valence electrons. The van der Waals surface area contributed by atoms with Crippen LogP contribution in [0.4, 0.5) is 8.78 Å². The minimum Gasteiger partial charge on any atom is -0.434 e. The number of aliphatic imine (C=N–C) groups is 1. The third-order valence-electron chi connectivity index (χ3n) is 4.96. The number of ether oxygens (including phenoxy) is 2. The molecule has 1 aromatic heterocycles. The van der Waals surface area contributed by atoms with Gasteiger partial charge in [-0.15, -0.1) is 34.2 Å². The fraction of sp³-hybridized carbons (Fsp3) is 0.550. The van der Waals surface area contributed by atoms with Crippen LogP contribution in [0.25, 0.3) is 0 Å². The highest BCUT2D eigenvalue weighted by atomic mass is 127. The quantitative estimate of drug-likeness (QED) is 0.299. The van der Waals surface area contributed by atoms with Gasteiger partial charge in [0.25, 0.3) is 0 Å². The van der Waals surface area contributed by atoms with E-state index >= 15 is 0 Å². The zero-order valence-corrected chi connectivity index (χ0v) is 20.2. The van der Waals surface area contributed by atoms with Gasteiger partial charge in [0, 0.05) is 25.8 Å². The van der Waals surface area contributed by atoms with Crippen LogP contribution in [0.5, 0.6) is 5.75 Å². The zero-order chi connectivity index (χ0) is 21.5. The maximum Gasteiger partial charge on any atom is 0.387 e. The van der Waals surface area contributed by atoms with Gasteiger partial charge in [0.15, 0.2) is 11.8 Å². The number of benzene rings is 1. The van der Waals surface area contributed by atoms with Gasteiger partial charge in [-0.25, -0.2) is 4.99 Å². The molecule has 1 atom stereocenters. The molecule has 1 aromatic carbocycles. The molecule has 2 heterocycles. The van der Waals surface area contributed by atoms with Crippen molar-refractivity contribution in [1.29, 1.82) is 0 Å². The maximum absolute atomic E-state index is 12.7. The Labute approximate surface area is 197 Å². The molecule has 0 radical (unpaired) electrons. The lowest BCUT2D eigenvalue weighted by atomic mass is 10.1. The minimum atomic E-state index is -2.88. The van der Waals surface area contributed by atoms with Crippen molar-refractivity contribution in [2.45, 2.75) is 52.5 Å². The molecule has 0 bridgehead atoms. The topological polar surface area (TPSA) is 85.6 Å². The predicted molar refractivity (Wildman–Crippen MR) is 124 cm³/mol. The van der Waals surface area contributed by atoms with E-state index in [2.05, 4.69) is 30.6 Å². The van der Waals surface area contributed by atoms with Crippen molar-refractivity contribution < 1.29 is 18.3 Å². The molecule has 1 aliphatic rings. The van der Waals surface area contributed by atoms with Crippen LogP contribution in [0.1, 0.15) is 35.6 Å². The number of alkyl halides is 2. The standard InChI is InChI=1S/C20H28F2N6O2.HI/c1-13-6-7-17(30-19(21)22)15(9-13)10-23-20(24-11-16-5-4-8-29-16)25-12-18-27-26-14(2)28(18)3;/h6-7,9,16,19H,4-5,8,10-12H2,1-3H3,(H2,23,24,25);1H. The Kier molecular flexibility index (Phi) is 9.88. The van der Waals surface area contributed by atoms with Gasteiger partial charge in [-0.1, -0.05) is 17.7 Å². The third kappa shape index (κ3) is 7.56. The lowest BCUT2D eigenvalue weighted by Gasteiger charge is -2.16. The van der Waals surface area contributed by atoms with E-state index in [4.69, 9.17) is 4.74 Å². The lowest BCUT2D eigenvalue weighted by Crippen LogP contribution is -2.41. The summed E-state index contributed by atoms with van der Waals surface area (Å²) in [6, 6.07) is 5.07. The van der Waals surface area contributed by atoms with Crippen LogP contribution in [0.3, 0.4) is 0 Å². The fourth-order valence-corrected chi connectivity index (χ4v) is 3.16. The summed E-state index contributed by atoms with van der Waals surface area (Å²) in [6.45, 7) is 2.86. The average Bonchev–Trinajstić information content (AvgIpc) is 3.34. The van der Waals surface area contributed by atoms with Gasteiger partial charge in [0.2, 0.25) is 0 Å². The van der Waals surface area contributed by atoms with E-state index in [9.17, 15) is 8.78 Å². The zero-order valence-electron chi connectivity index (χ0n) is 17.9. The van der Waals surface area contributed by atoms with Gasteiger partial charge in [0.05, 0.1) is 19.2 Å². The molecule has 1 unspecified atom stereocenters. The molecule has 0 amide bonds. The minimum absolute atomic E-state index is 0. The Balaban J connectivity index is 0.00000341. The number of rotatable bonds is 8. The molecule has 0 aliphatic carbocycles. The summed E-state index contributed by atoms with van der Waals surface area (Å²) in [5, 5.41) is 14.7. The van der Waals surface area contributed by atoms with E-state index in [0.29, 0.717) is 24.6 Å². The van der Waals surface area contributed by atoms with Crippen LogP contribution in [-0.2, 0) is 24.9 Å². The monoisotopic (exact) mass is 550 g/mol. The highest BCUT2D eigenvalue weighted by molar-refractivity contribution is 14.0. The van der Waals surface area contributed by atoms with Crippen LogP contribution >= 0.6 is 24.0 Å². The maximum atomic E-state index is 12.7. The van der Waals surface area contributed by atoms with Crippen molar-refractivity contribution in [2.24, 2.45) is 12.0 Å². The molecule has 31 heavy (non-hydrogen) atoms. The average molecular weight is 550 g/mol. The number of aromatic nitrogens is 3. The summed E-state index contributed by atoms with van der Waals surface area (Å²) >= 11 is 0. The van der Waals surface area contributed by atoms with Gasteiger partial charge in [-0.2, -0.15) is 8.78 Å². The van der Waals surface area contributed by atoms with E-state index in [-0.39, 0.29) is 42.4 Å². The second-order valence-corrected chi connectivity index (χ2v) is 7.25. The summed E-state index contributed by atoms with van der Waals surface area (Å²) in [5.74, 6) is 2.24. The van der Waals surface area contributed by atoms with Gasteiger partial charge in [-0.3, -0.25) is 0 Å². The molecule has 3 rings (SSSR count). The van der Waals surface area contributed by atoms with Crippen molar-refractivity contribution in [1.82, 2.24) is 25.4 Å². The number of halogens is 3.